The van der Waals surface area contributed by atoms with Gasteiger partial charge in [0.1, 0.15) is 0 Å². The third kappa shape index (κ3) is 1.05. The molecule has 0 aromatic heterocycles. The highest BCUT2D eigenvalue weighted by Gasteiger charge is 2.24. The average Bonchev–Trinajstić information content (AvgIpc) is 2.59. The van der Waals surface area contributed by atoms with Crippen molar-refractivity contribution in [1.29, 1.82) is 0 Å². The van der Waals surface area contributed by atoms with Crippen molar-refractivity contribution in [2.24, 2.45) is 11.8 Å². The molecule has 1 unspecified atom stereocenters. The minimum atomic E-state index is 0.863. The summed E-state index contributed by atoms with van der Waals surface area (Å²) in [6.07, 6.45) is 10.3. The molecule has 0 saturated heterocycles. The van der Waals surface area contributed by atoms with Crippen LogP contribution in [0.2, 0.25) is 0 Å². The van der Waals surface area contributed by atoms with Crippen molar-refractivity contribution in [2.45, 2.75) is 25.7 Å². The van der Waals surface area contributed by atoms with Gasteiger partial charge in [-0.2, -0.15) is 0 Å². The first-order valence-electron chi connectivity index (χ1n) is 4.37. The van der Waals surface area contributed by atoms with E-state index in [9.17, 15) is 0 Å². The van der Waals surface area contributed by atoms with Crippen LogP contribution < -0.4 is 5.32 Å². The van der Waals surface area contributed by atoms with Gasteiger partial charge in [0.05, 0.1) is 0 Å². The third-order valence-electron chi connectivity index (χ3n) is 2.82. The van der Waals surface area contributed by atoms with Crippen LogP contribution in [0.1, 0.15) is 25.7 Å². The van der Waals surface area contributed by atoms with E-state index in [2.05, 4.69) is 17.6 Å². The minimum Gasteiger partial charge on any atom is -0.391 e. The van der Waals surface area contributed by atoms with Gasteiger partial charge in [-0.15, -0.1) is 0 Å². The summed E-state index contributed by atoms with van der Waals surface area (Å²) in [4.78, 5) is 0. The molecule has 10 heavy (non-hydrogen) atoms. The molecule has 0 bridgehead atoms. The Bertz CT molecular complexity index is 134. The second-order valence-electron chi connectivity index (χ2n) is 3.48. The first-order valence-corrected chi connectivity index (χ1v) is 4.37. The van der Waals surface area contributed by atoms with Gasteiger partial charge >= 0.3 is 0 Å². The summed E-state index contributed by atoms with van der Waals surface area (Å²) >= 11 is 0. The molecule has 1 heteroatoms. The quantitative estimate of drug-likeness (QED) is 0.582. The van der Waals surface area contributed by atoms with Crippen molar-refractivity contribution < 1.29 is 0 Å². The summed E-state index contributed by atoms with van der Waals surface area (Å²) in [6, 6.07) is 0. The van der Waals surface area contributed by atoms with E-state index < -0.39 is 0 Å². The standard InChI is InChI=1S/C9H15N/c1-2-4-8(3-1)9-5-6-10-7-9/h5-6,8-10H,1-4,7H2. The molecule has 1 aliphatic heterocycles. The second-order valence-corrected chi connectivity index (χ2v) is 3.48. The molecule has 1 heterocycles. The fourth-order valence-corrected chi connectivity index (χ4v) is 2.17. The van der Waals surface area contributed by atoms with Crippen molar-refractivity contribution in [3.63, 3.8) is 0 Å². The molecular formula is C9H15N. The normalized spacial score (nSPS) is 33.0. The van der Waals surface area contributed by atoms with E-state index in [1.54, 1.807) is 0 Å². The van der Waals surface area contributed by atoms with Crippen LogP contribution in [-0.4, -0.2) is 6.54 Å². The number of nitrogens with one attached hydrogen (secondary N) is 1. The van der Waals surface area contributed by atoms with Crippen LogP contribution in [-0.2, 0) is 0 Å². The molecule has 0 aromatic carbocycles. The summed E-state index contributed by atoms with van der Waals surface area (Å²) in [5, 5.41) is 3.27. The van der Waals surface area contributed by atoms with E-state index in [1.807, 2.05) is 0 Å². The van der Waals surface area contributed by atoms with Gasteiger partial charge in [0, 0.05) is 6.54 Å². The molecule has 1 atom stereocenters. The van der Waals surface area contributed by atoms with Gasteiger partial charge in [-0.05, 0) is 30.9 Å². The smallest absolute Gasteiger partial charge is 0.0207 e. The van der Waals surface area contributed by atoms with Crippen molar-refractivity contribution in [2.75, 3.05) is 6.54 Å². The lowest BCUT2D eigenvalue weighted by Gasteiger charge is -2.14. The van der Waals surface area contributed by atoms with Crippen LogP contribution >= 0.6 is 0 Å². The topological polar surface area (TPSA) is 12.0 Å². The minimum absolute atomic E-state index is 0.863. The second kappa shape index (κ2) is 2.65. The molecule has 56 valence electrons. The molecule has 1 saturated carbocycles. The van der Waals surface area contributed by atoms with E-state index in [4.69, 9.17) is 0 Å². The predicted molar refractivity (Wildman–Crippen MR) is 42.6 cm³/mol. The number of hydrogen-bond donors (Lipinski definition) is 1. The molecule has 0 spiro atoms. The summed E-state index contributed by atoms with van der Waals surface area (Å²) < 4.78 is 0. The zero-order valence-corrected chi connectivity index (χ0v) is 6.34. The first kappa shape index (κ1) is 6.26. The molecule has 2 rings (SSSR count). The molecule has 1 fully saturated rings. The van der Waals surface area contributed by atoms with Gasteiger partial charge in [-0.3, -0.25) is 0 Å². The zero-order chi connectivity index (χ0) is 6.81. The van der Waals surface area contributed by atoms with Crippen molar-refractivity contribution in [3.8, 4) is 0 Å². The van der Waals surface area contributed by atoms with Crippen LogP contribution in [0.4, 0.5) is 0 Å². The Labute approximate surface area is 62.5 Å². The summed E-state index contributed by atoms with van der Waals surface area (Å²) in [7, 11) is 0. The molecular weight excluding hydrogens is 122 g/mol. The van der Waals surface area contributed by atoms with Crippen LogP contribution in [0.25, 0.3) is 0 Å². The van der Waals surface area contributed by atoms with Crippen LogP contribution in [0.3, 0.4) is 0 Å². The van der Waals surface area contributed by atoms with Gasteiger partial charge in [0.25, 0.3) is 0 Å². The van der Waals surface area contributed by atoms with E-state index in [0.717, 1.165) is 11.8 Å². The fourth-order valence-electron chi connectivity index (χ4n) is 2.17. The molecule has 0 aromatic rings. The summed E-state index contributed by atoms with van der Waals surface area (Å²) in [5.74, 6) is 1.87. The molecule has 0 radical (unpaired) electrons. The highest BCUT2D eigenvalue weighted by atomic mass is 14.9. The Morgan fingerprint density at radius 3 is 2.60 bits per heavy atom. The zero-order valence-electron chi connectivity index (χ0n) is 6.34. The monoisotopic (exact) mass is 137 g/mol. The van der Waals surface area contributed by atoms with Gasteiger partial charge in [-0.1, -0.05) is 18.9 Å². The van der Waals surface area contributed by atoms with E-state index in [-0.39, 0.29) is 0 Å². The Kier molecular flexibility index (Phi) is 1.66. The van der Waals surface area contributed by atoms with Crippen LogP contribution in [0.5, 0.6) is 0 Å². The van der Waals surface area contributed by atoms with Gasteiger partial charge in [0.2, 0.25) is 0 Å². The van der Waals surface area contributed by atoms with Crippen molar-refractivity contribution in [1.82, 2.24) is 5.32 Å². The maximum Gasteiger partial charge on any atom is 0.0207 e. The Balaban J connectivity index is 1.91. The number of hydrogen-bond acceptors (Lipinski definition) is 1. The van der Waals surface area contributed by atoms with E-state index in [1.165, 1.54) is 32.2 Å². The predicted octanol–water partition coefficient (Wildman–Crippen LogP) is 1.91. The molecule has 1 nitrogen and oxygen atoms in total. The fraction of sp³-hybridized carbons (Fsp3) is 0.778. The Morgan fingerprint density at radius 2 is 2.00 bits per heavy atom. The number of rotatable bonds is 1. The van der Waals surface area contributed by atoms with E-state index in [0.29, 0.717) is 0 Å². The molecule has 2 aliphatic rings. The maximum atomic E-state index is 3.27. The van der Waals surface area contributed by atoms with Crippen molar-refractivity contribution >= 4 is 0 Å². The lowest BCUT2D eigenvalue weighted by molar-refractivity contribution is 0.415. The SMILES string of the molecule is C1=CC(C2CCCC2)CN1. The summed E-state index contributed by atoms with van der Waals surface area (Å²) in [6.45, 7) is 1.20. The lowest BCUT2D eigenvalue weighted by Crippen LogP contribution is -2.15. The molecule has 0 amide bonds. The van der Waals surface area contributed by atoms with Gasteiger partial charge in [-0.25, -0.2) is 0 Å². The molecule has 1 aliphatic carbocycles. The maximum absolute atomic E-state index is 3.27. The largest absolute Gasteiger partial charge is 0.391 e. The van der Waals surface area contributed by atoms with Gasteiger partial charge in [0.15, 0.2) is 0 Å². The Morgan fingerprint density at radius 1 is 1.20 bits per heavy atom. The average molecular weight is 137 g/mol. The Hall–Kier alpha value is -0.460. The van der Waals surface area contributed by atoms with E-state index >= 15 is 0 Å². The summed E-state index contributed by atoms with van der Waals surface area (Å²) in [5.41, 5.74) is 0. The first-order chi connectivity index (χ1) is 4.97. The lowest BCUT2D eigenvalue weighted by atomic mass is 9.92. The van der Waals surface area contributed by atoms with Crippen LogP contribution in [0, 0.1) is 11.8 Å². The molecule has 1 N–H and O–H groups in total. The van der Waals surface area contributed by atoms with Crippen molar-refractivity contribution in [3.05, 3.63) is 12.3 Å². The third-order valence-corrected chi connectivity index (χ3v) is 2.82. The van der Waals surface area contributed by atoms with Crippen LogP contribution in [0.15, 0.2) is 12.3 Å². The van der Waals surface area contributed by atoms with Gasteiger partial charge < -0.3 is 5.32 Å². The highest BCUT2D eigenvalue weighted by molar-refractivity contribution is 4.99. The highest BCUT2D eigenvalue weighted by Crippen LogP contribution is 2.32.